The maximum absolute atomic E-state index is 3.55. The lowest BCUT2D eigenvalue weighted by molar-refractivity contribution is 0.603. The van der Waals surface area contributed by atoms with Gasteiger partial charge in [0.1, 0.15) is 0 Å². The molecule has 0 aromatic heterocycles. The van der Waals surface area contributed by atoms with Gasteiger partial charge in [0.05, 0.1) is 0 Å². The topological polar surface area (TPSA) is 12.0 Å². The summed E-state index contributed by atoms with van der Waals surface area (Å²) in [6, 6.07) is 9.96. The lowest BCUT2D eigenvalue weighted by atomic mass is 10.0. The molecular formula is C15H23N. The van der Waals surface area contributed by atoms with E-state index in [4.69, 9.17) is 0 Å². The van der Waals surface area contributed by atoms with E-state index in [0.717, 1.165) is 6.04 Å². The minimum absolute atomic E-state index is 0.724. The first kappa shape index (κ1) is 11.7. The molecule has 1 N–H and O–H groups in total. The molecule has 0 bridgehead atoms. The number of aryl methyl sites for hydroxylation is 1. The predicted molar refractivity (Wildman–Crippen MR) is 69.8 cm³/mol. The van der Waals surface area contributed by atoms with Crippen LogP contribution in [-0.4, -0.2) is 12.6 Å². The van der Waals surface area contributed by atoms with E-state index in [1.807, 2.05) is 0 Å². The first-order valence-electron chi connectivity index (χ1n) is 6.69. The van der Waals surface area contributed by atoms with Gasteiger partial charge in [0.25, 0.3) is 0 Å². The number of unbranched alkanes of at least 4 members (excludes halogenated alkanes) is 1. The van der Waals surface area contributed by atoms with E-state index in [0.29, 0.717) is 0 Å². The van der Waals surface area contributed by atoms with Gasteiger partial charge in [-0.15, -0.1) is 0 Å². The highest BCUT2D eigenvalue weighted by Gasteiger charge is 2.13. The Labute approximate surface area is 99.3 Å². The van der Waals surface area contributed by atoms with Crippen LogP contribution in [0.4, 0.5) is 0 Å². The highest BCUT2D eigenvalue weighted by atomic mass is 14.9. The smallest absolute Gasteiger partial charge is 0.0108 e. The third-order valence-electron chi connectivity index (χ3n) is 3.49. The first-order chi connectivity index (χ1) is 7.88. The van der Waals surface area contributed by atoms with Crippen LogP contribution in [0.3, 0.4) is 0 Å². The van der Waals surface area contributed by atoms with Crippen molar-refractivity contribution in [3.63, 3.8) is 0 Å². The average molecular weight is 217 g/mol. The van der Waals surface area contributed by atoms with Gasteiger partial charge in [-0.25, -0.2) is 0 Å². The summed E-state index contributed by atoms with van der Waals surface area (Å²) in [7, 11) is 0. The third kappa shape index (κ3) is 3.34. The molecule has 1 aromatic rings. The maximum Gasteiger partial charge on any atom is 0.0108 e. The molecule has 0 spiro atoms. The molecule has 1 saturated heterocycles. The van der Waals surface area contributed by atoms with Gasteiger partial charge < -0.3 is 5.32 Å². The largest absolute Gasteiger partial charge is 0.314 e. The Bertz CT molecular complexity index is 296. The lowest BCUT2D eigenvalue weighted by Gasteiger charge is -2.10. The molecule has 0 saturated carbocycles. The number of benzene rings is 1. The van der Waals surface area contributed by atoms with Gasteiger partial charge in [-0.1, -0.05) is 37.6 Å². The van der Waals surface area contributed by atoms with Crippen LogP contribution >= 0.6 is 0 Å². The summed E-state index contributed by atoms with van der Waals surface area (Å²) < 4.78 is 0. The van der Waals surface area contributed by atoms with E-state index in [1.54, 1.807) is 0 Å². The van der Waals surface area contributed by atoms with Crippen molar-refractivity contribution < 1.29 is 0 Å². The normalized spacial score (nSPS) is 20.2. The van der Waals surface area contributed by atoms with Crippen molar-refractivity contribution in [1.29, 1.82) is 0 Å². The average Bonchev–Trinajstić information content (AvgIpc) is 2.81. The zero-order valence-electron chi connectivity index (χ0n) is 10.3. The molecule has 1 heterocycles. The molecule has 16 heavy (non-hydrogen) atoms. The summed E-state index contributed by atoms with van der Waals surface area (Å²) in [5.74, 6) is 0. The molecule has 1 unspecified atom stereocenters. The fourth-order valence-corrected chi connectivity index (χ4v) is 2.44. The van der Waals surface area contributed by atoms with Crippen molar-refractivity contribution in [3.05, 3.63) is 35.4 Å². The summed E-state index contributed by atoms with van der Waals surface area (Å²) in [4.78, 5) is 0. The first-order valence-corrected chi connectivity index (χ1v) is 6.69. The molecular weight excluding hydrogens is 194 g/mol. The minimum atomic E-state index is 0.724. The third-order valence-corrected chi connectivity index (χ3v) is 3.49. The van der Waals surface area contributed by atoms with Crippen molar-refractivity contribution in [2.75, 3.05) is 6.54 Å². The number of hydrogen-bond acceptors (Lipinski definition) is 1. The van der Waals surface area contributed by atoms with Gasteiger partial charge >= 0.3 is 0 Å². The number of hydrogen-bond donors (Lipinski definition) is 1. The zero-order valence-corrected chi connectivity index (χ0v) is 10.3. The molecule has 1 aliphatic rings. The Morgan fingerprint density at radius 1 is 1.19 bits per heavy atom. The summed E-state index contributed by atoms with van der Waals surface area (Å²) >= 11 is 0. The van der Waals surface area contributed by atoms with E-state index >= 15 is 0 Å². The zero-order chi connectivity index (χ0) is 11.2. The molecule has 0 aliphatic carbocycles. The van der Waals surface area contributed by atoms with Gasteiger partial charge in [0.2, 0.25) is 0 Å². The molecule has 1 nitrogen and oxygen atoms in total. The Kier molecular flexibility index (Phi) is 4.41. The second kappa shape index (κ2) is 6.05. The SMILES string of the molecule is CCCCc1ccc(CC2CCCN2)cc1. The van der Waals surface area contributed by atoms with Crippen molar-refractivity contribution in [3.8, 4) is 0 Å². The van der Waals surface area contributed by atoms with Crippen LogP contribution in [-0.2, 0) is 12.8 Å². The van der Waals surface area contributed by atoms with Crippen molar-refractivity contribution in [2.45, 2.75) is 51.5 Å². The van der Waals surface area contributed by atoms with E-state index < -0.39 is 0 Å². The van der Waals surface area contributed by atoms with Crippen LogP contribution in [0.1, 0.15) is 43.7 Å². The van der Waals surface area contributed by atoms with Crippen LogP contribution in [0, 0.1) is 0 Å². The molecule has 1 atom stereocenters. The molecule has 0 amide bonds. The standard InChI is InChI=1S/C15H23N/c1-2-3-5-13-7-9-14(10-8-13)12-15-6-4-11-16-15/h7-10,15-16H,2-6,11-12H2,1H3. The fourth-order valence-electron chi connectivity index (χ4n) is 2.44. The second-order valence-electron chi connectivity index (χ2n) is 4.92. The van der Waals surface area contributed by atoms with Gasteiger partial charge in [-0.2, -0.15) is 0 Å². The van der Waals surface area contributed by atoms with E-state index in [1.165, 1.54) is 56.2 Å². The van der Waals surface area contributed by atoms with Crippen molar-refractivity contribution in [1.82, 2.24) is 5.32 Å². The Balaban J connectivity index is 1.86. The van der Waals surface area contributed by atoms with Gasteiger partial charge in [-0.05, 0) is 49.8 Å². The Morgan fingerprint density at radius 2 is 1.94 bits per heavy atom. The van der Waals surface area contributed by atoms with Gasteiger partial charge in [-0.3, -0.25) is 0 Å². The lowest BCUT2D eigenvalue weighted by Crippen LogP contribution is -2.23. The maximum atomic E-state index is 3.55. The quantitative estimate of drug-likeness (QED) is 0.797. The Morgan fingerprint density at radius 3 is 2.56 bits per heavy atom. The molecule has 1 aliphatic heterocycles. The van der Waals surface area contributed by atoms with E-state index in [-0.39, 0.29) is 0 Å². The van der Waals surface area contributed by atoms with Crippen LogP contribution in [0.25, 0.3) is 0 Å². The fraction of sp³-hybridized carbons (Fsp3) is 0.600. The molecule has 1 fully saturated rings. The van der Waals surface area contributed by atoms with Gasteiger partial charge in [0, 0.05) is 6.04 Å². The Hall–Kier alpha value is -0.820. The van der Waals surface area contributed by atoms with Crippen LogP contribution < -0.4 is 5.32 Å². The van der Waals surface area contributed by atoms with Crippen LogP contribution in [0.5, 0.6) is 0 Å². The highest BCUT2D eigenvalue weighted by Crippen LogP contribution is 2.13. The summed E-state index contributed by atoms with van der Waals surface area (Å²) in [6.07, 6.45) is 7.72. The second-order valence-corrected chi connectivity index (χ2v) is 4.92. The summed E-state index contributed by atoms with van der Waals surface area (Å²) in [6.45, 7) is 3.46. The molecule has 0 radical (unpaired) electrons. The number of nitrogens with one attached hydrogen (secondary N) is 1. The van der Waals surface area contributed by atoms with Gasteiger partial charge in [0.15, 0.2) is 0 Å². The summed E-state index contributed by atoms with van der Waals surface area (Å²) in [5.41, 5.74) is 2.98. The molecule has 2 rings (SSSR count). The van der Waals surface area contributed by atoms with E-state index in [2.05, 4.69) is 36.5 Å². The summed E-state index contributed by atoms with van der Waals surface area (Å²) in [5, 5.41) is 3.55. The number of rotatable bonds is 5. The minimum Gasteiger partial charge on any atom is -0.314 e. The van der Waals surface area contributed by atoms with Crippen molar-refractivity contribution >= 4 is 0 Å². The predicted octanol–water partition coefficient (Wildman–Crippen LogP) is 3.32. The monoisotopic (exact) mass is 217 g/mol. The van der Waals surface area contributed by atoms with E-state index in [9.17, 15) is 0 Å². The molecule has 88 valence electrons. The molecule has 1 aromatic carbocycles. The molecule has 1 heteroatoms. The van der Waals surface area contributed by atoms with Crippen LogP contribution in [0.15, 0.2) is 24.3 Å². The highest BCUT2D eigenvalue weighted by molar-refractivity contribution is 5.23. The van der Waals surface area contributed by atoms with Crippen LogP contribution in [0.2, 0.25) is 0 Å². The van der Waals surface area contributed by atoms with Crippen molar-refractivity contribution in [2.24, 2.45) is 0 Å².